The summed E-state index contributed by atoms with van der Waals surface area (Å²) in [6, 6.07) is 0. The van der Waals surface area contributed by atoms with E-state index in [2.05, 4.69) is 20.1 Å². The van der Waals surface area contributed by atoms with Crippen LogP contribution in [0.15, 0.2) is 23.1 Å². The molecular weight excluding hydrogens is 296 g/mol. The normalized spacial score (nSPS) is 18.0. The van der Waals surface area contributed by atoms with Crippen LogP contribution in [0.3, 0.4) is 0 Å². The van der Waals surface area contributed by atoms with Crippen molar-refractivity contribution < 1.29 is 9.32 Å². The van der Waals surface area contributed by atoms with E-state index in [1.807, 2.05) is 11.9 Å². The molecule has 1 aliphatic rings. The van der Waals surface area contributed by atoms with Crippen LogP contribution in [0, 0.1) is 6.92 Å². The quantitative estimate of drug-likeness (QED) is 0.831. The van der Waals surface area contributed by atoms with Gasteiger partial charge in [-0.05, 0) is 19.8 Å². The Morgan fingerprint density at radius 3 is 3.04 bits per heavy atom. The van der Waals surface area contributed by atoms with Crippen molar-refractivity contribution in [2.24, 2.45) is 0 Å². The summed E-state index contributed by atoms with van der Waals surface area (Å²) in [7, 11) is 1.84. The third-order valence-corrected chi connectivity index (χ3v) is 3.98. The molecule has 0 unspecified atom stereocenters. The maximum Gasteiger partial charge on any atom is 0.242 e. The average Bonchev–Trinajstić information content (AvgIpc) is 3.02. The van der Waals surface area contributed by atoms with E-state index in [0.717, 1.165) is 19.4 Å². The number of anilines is 1. The predicted octanol–water partition coefficient (Wildman–Crippen LogP) is 1.01. The number of rotatable bonds is 4. The molecule has 0 saturated carbocycles. The van der Waals surface area contributed by atoms with Crippen LogP contribution in [0.2, 0.25) is 0 Å². The Morgan fingerprint density at radius 1 is 1.48 bits per heavy atom. The molecule has 122 valence electrons. The second-order valence-corrected chi connectivity index (χ2v) is 5.78. The number of piperidine rings is 1. The highest BCUT2D eigenvalue weighted by molar-refractivity contribution is 5.81. The van der Waals surface area contributed by atoms with E-state index in [0.29, 0.717) is 24.1 Å². The summed E-state index contributed by atoms with van der Waals surface area (Å²) in [5.74, 6) is 2.13. The zero-order valence-electron chi connectivity index (χ0n) is 13.3. The number of aryl methyl sites for hydroxylation is 1. The molecular formula is C15H20N6O2. The summed E-state index contributed by atoms with van der Waals surface area (Å²) in [5.41, 5.74) is 0. The zero-order valence-corrected chi connectivity index (χ0v) is 13.3. The number of carbonyl (C=O) groups is 1. The van der Waals surface area contributed by atoms with Gasteiger partial charge in [-0.2, -0.15) is 4.98 Å². The Hall–Kier alpha value is -2.51. The van der Waals surface area contributed by atoms with Gasteiger partial charge in [0.15, 0.2) is 5.82 Å². The molecule has 0 N–H and O–H groups in total. The molecule has 0 spiro atoms. The van der Waals surface area contributed by atoms with E-state index in [4.69, 9.17) is 4.52 Å². The molecule has 0 bridgehead atoms. The monoisotopic (exact) mass is 316 g/mol. The molecule has 0 aliphatic carbocycles. The second-order valence-electron chi connectivity index (χ2n) is 5.78. The number of hydrogen-bond acceptors (Lipinski definition) is 7. The number of likely N-dealkylation sites (tertiary alicyclic amines) is 1. The van der Waals surface area contributed by atoms with E-state index in [1.165, 1.54) is 0 Å². The van der Waals surface area contributed by atoms with Crippen LogP contribution in [-0.4, -0.2) is 57.6 Å². The maximum atomic E-state index is 12.5. The molecule has 1 fully saturated rings. The molecule has 23 heavy (non-hydrogen) atoms. The van der Waals surface area contributed by atoms with E-state index in [1.54, 1.807) is 30.4 Å². The van der Waals surface area contributed by atoms with E-state index in [-0.39, 0.29) is 18.4 Å². The van der Waals surface area contributed by atoms with Gasteiger partial charge in [-0.15, -0.1) is 0 Å². The molecule has 3 rings (SSSR count). The Kier molecular flexibility index (Phi) is 4.50. The van der Waals surface area contributed by atoms with Crippen LogP contribution < -0.4 is 4.90 Å². The lowest BCUT2D eigenvalue weighted by molar-refractivity contribution is -0.131. The van der Waals surface area contributed by atoms with Gasteiger partial charge in [0.05, 0.1) is 18.7 Å². The SMILES string of the molecule is Cc1noc([C@H]2CCCN(C(=O)CN(C)c3cnccn3)C2)n1. The van der Waals surface area contributed by atoms with Crippen LogP contribution in [0.5, 0.6) is 0 Å². The first-order chi connectivity index (χ1) is 11.1. The minimum absolute atomic E-state index is 0.0686. The summed E-state index contributed by atoms with van der Waals surface area (Å²) in [6.07, 6.45) is 6.78. The molecule has 8 nitrogen and oxygen atoms in total. The number of aromatic nitrogens is 4. The number of nitrogens with zero attached hydrogens (tertiary/aromatic N) is 6. The first-order valence-electron chi connectivity index (χ1n) is 7.68. The molecule has 3 heterocycles. The fraction of sp³-hybridized carbons (Fsp3) is 0.533. The highest BCUT2D eigenvalue weighted by Crippen LogP contribution is 2.25. The van der Waals surface area contributed by atoms with Gasteiger partial charge in [0.25, 0.3) is 0 Å². The summed E-state index contributed by atoms with van der Waals surface area (Å²) >= 11 is 0. The van der Waals surface area contributed by atoms with E-state index < -0.39 is 0 Å². The Morgan fingerprint density at radius 2 is 2.35 bits per heavy atom. The highest BCUT2D eigenvalue weighted by Gasteiger charge is 2.28. The van der Waals surface area contributed by atoms with Gasteiger partial charge >= 0.3 is 0 Å². The van der Waals surface area contributed by atoms with Crippen molar-refractivity contribution in [1.29, 1.82) is 0 Å². The molecule has 0 radical (unpaired) electrons. The summed E-state index contributed by atoms with van der Waals surface area (Å²) < 4.78 is 5.25. The van der Waals surface area contributed by atoms with E-state index in [9.17, 15) is 4.79 Å². The van der Waals surface area contributed by atoms with Gasteiger partial charge in [0.1, 0.15) is 5.82 Å². The van der Waals surface area contributed by atoms with Crippen molar-refractivity contribution in [3.05, 3.63) is 30.3 Å². The van der Waals surface area contributed by atoms with Gasteiger partial charge < -0.3 is 14.3 Å². The Labute approximate surface area is 134 Å². The first-order valence-corrected chi connectivity index (χ1v) is 7.68. The molecule has 0 aromatic carbocycles. The minimum atomic E-state index is 0.0686. The third-order valence-electron chi connectivity index (χ3n) is 3.98. The van der Waals surface area contributed by atoms with Crippen LogP contribution in [0.1, 0.15) is 30.5 Å². The Bertz CT molecular complexity index is 659. The predicted molar refractivity (Wildman–Crippen MR) is 82.9 cm³/mol. The standard InChI is InChI=1S/C15H20N6O2/c1-11-18-15(23-19-11)12-4-3-7-21(9-12)14(22)10-20(2)13-8-16-5-6-17-13/h5-6,8,12H,3-4,7,9-10H2,1-2H3/t12-/m0/s1. The molecule has 1 aliphatic heterocycles. The largest absolute Gasteiger partial charge is 0.349 e. The molecule has 2 aromatic rings. The van der Waals surface area contributed by atoms with Gasteiger partial charge in [0.2, 0.25) is 11.8 Å². The lowest BCUT2D eigenvalue weighted by Gasteiger charge is -2.32. The maximum absolute atomic E-state index is 12.5. The molecule has 1 saturated heterocycles. The average molecular weight is 316 g/mol. The van der Waals surface area contributed by atoms with Crippen LogP contribution in [-0.2, 0) is 4.79 Å². The summed E-state index contributed by atoms with van der Waals surface area (Å²) in [6.45, 7) is 3.45. The summed E-state index contributed by atoms with van der Waals surface area (Å²) in [5, 5.41) is 3.84. The molecule has 8 heteroatoms. The minimum Gasteiger partial charge on any atom is -0.349 e. The van der Waals surface area contributed by atoms with Crippen LogP contribution >= 0.6 is 0 Å². The van der Waals surface area contributed by atoms with Crippen molar-refractivity contribution in [2.45, 2.75) is 25.7 Å². The number of amides is 1. The van der Waals surface area contributed by atoms with Crippen molar-refractivity contribution in [2.75, 3.05) is 31.6 Å². The number of hydrogen-bond donors (Lipinski definition) is 0. The van der Waals surface area contributed by atoms with Gasteiger partial charge in [-0.25, -0.2) is 4.98 Å². The number of likely N-dealkylation sites (N-methyl/N-ethyl adjacent to an activating group) is 1. The zero-order chi connectivity index (χ0) is 16.2. The molecule has 1 atom stereocenters. The van der Waals surface area contributed by atoms with Crippen molar-refractivity contribution in [3.8, 4) is 0 Å². The lowest BCUT2D eigenvalue weighted by atomic mass is 9.98. The van der Waals surface area contributed by atoms with Crippen molar-refractivity contribution >= 4 is 11.7 Å². The number of carbonyl (C=O) groups excluding carboxylic acids is 1. The summed E-state index contributed by atoms with van der Waals surface area (Å²) in [4.78, 5) is 28.7. The smallest absolute Gasteiger partial charge is 0.242 e. The van der Waals surface area contributed by atoms with Crippen LogP contribution in [0.4, 0.5) is 5.82 Å². The molecule has 1 amide bonds. The van der Waals surface area contributed by atoms with Gasteiger partial charge in [0, 0.05) is 32.5 Å². The second kappa shape index (κ2) is 6.72. The fourth-order valence-electron chi connectivity index (χ4n) is 2.76. The Balaban J connectivity index is 1.61. The van der Waals surface area contributed by atoms with Gasteiger partial charge in [-0.3, -0.25) is 9.78 Å². The third kappa shape index (κ3) is 3.64. The van der Waals surface area contributed by atoms with Crippen molar-refractivity contribution in [1.82, 2.24) is 25.0 Å². The highest BCUT2D eigenvalue weighted by atomic mass is 16.5. The van der Waals surface area contributed by atoms with E-state index >= 15 is 0 Å². The van der Waals surface area contributed by atoms with Crippen molar-refractivity contribution in [3.63, 3.8) is 0 Å². The van der Waals surface area contributed by atoms with Crippen LogP contribution in [0.25, 0.3) is 0 Å². The fourth-order valence-corrected chi connectivity index (χ4v) is 2.76. The first kappa shape index (κ1) is 15.4. The lowest BCUT2D eigenvalue weighted by Crippen LogP contribution is -2.44. The topological polar surface area (TPSA) is 88.3 Å². The molecule has 2 aromatic heterocycles. The van der Waals surface area contributed by atoms with Gasteiger partial charge in [-0.1, -0.05) is 5.16 Å².